The van der Waals surface area contributed by atoms with Gasteiger partial charge in [-0.05, 0) is 50.0 Å². The van der Waals surface area contributed by atoms with E-state index in [2.05, 4.69) is 24.1 Å². The van der Waals surface area contributed by atoms with Crippen molar-refractivity contribution >= 4 is 27.2 Å². The van der Waals surface area contributed by atoms with Gasteiger partial charge in [-0.15, -0.1) is 0 Å². The van der Waals surface area contributed by atoms with Gasteiger partial charge >= 0.3 is 0 Å². The molecule has 0 saturated carbocycles. The van der Waals surface area contributed by atoms with E-state index < -0.39 is 9.84 Å². The highest BCUT2D eigenvalue weighted by atomic mass is 32.2. The fourth-order valence-corrected chi connectivity index (χ4v) is 5.10. The average molecular weight is 437 g/mol. The Hall–Kier alpha value is -1.93. The Bertz CT molecular complexity index is 936. The summed E-state index contributed by atoms with van der Waals surface area (Å²) in [4.78, 5) is 6.36. The Labute approximate surface area is 180 Å². The number of sulfone groups is 1. The van der Waals surface area contributed by atoms with E-state index in [1.165, 1.54) is 0 Å². The molecule has 1 aromatic heterocycles. The van der Waals surface area contributed by atoms with Gasteiger partial charge in [-0.1, -0.05) is 38.1 Å². The molecule has 2 rings (SSSR count). The van der Waals surface area contributed by atoms with E-state index in [0.717, 1.165) is 29.9 Å². The Balaban J connectivity index is 2.39. The van der Waals surface area contributed by atoms with Crippen molar-refractivity contribution in [2.45, 2.75) is 58.6 Å². The maximum absolute atomic E-state index is 13.2. The van der Waals surface area contributed by atoms with Crippen molar-refractivity contribution in [3.05, 3.63) is 47.3 Å². The van der Waals surface area contributed by atoms with Gasteiger partial charge in [-0.3, -0.25) is 0 Å². The second-order valence-corrected chi connectivity index (χ2v) is 9.84. The lowest BCUT2D eigenvalue weighted by atomic mass is 10.1. The molecule has 0 spiro atoms. The van der Waals surface area contributed by atoms with E-state index in [9.17, 15) is 8.42 Å². The zero-order valence-corrected chi connectivity index (χ0v) is 19.6. The van der Waals surface area contributed by atoms with Crippen LogP contribution in [0.5, 0.6) is 0 Å². The summed E-state index contributed by atoms with van der Waals surface area (Å²) in [5.74, 6) is 0.229. The van der Waals surface area contributed by atoms with E-state index in [-0.39, 0.29) is 16.8 Å². The van der Waals surface area contributed by atoms with Crippen LogP contribution < -0.4 is 5.32 Å². The summed E-state index contributed by atoms with van der Waals surface area (Å²) in [6.07, 6.45) is 1.67. The van der Waals surface area contributed by atoms with Crippen LogP contribution in [0.4, 0.5) is 0 Å². The number of thiocarbonyl (C=S) groups is 1. The van der Waals surface area contributed by atoms with E-state index in [4.69, 9.17) is 12.2 Å². The van der Waals surface area contributed by atoms with Gasteiger partial charge in [0, 0.05) is 19.6 Å². The minimum absolute atomic E-state index is 0.0541. The van der Waals surface area contributed by atoms with Crippen LogP contribution in [0.25, 0.3) is 0 Å². The summed E-state index contributed by atoms with van der Waals surface area (Å²) in [5, 5.41) is 3.96. The highest BCUT2D eigenvalue weighted by Crippen LogP contribution is 2.21. The standard InChI is InChI=1S/C21H32N4O2S2/c1-6-22-20(28)24(7-2)14-19-12-23-21(25(19)13-16(3)4)29(26,27)15-18-11-9-8-10-17(18)5/h8-12,16H,6-7,13-15H2,1-5H3,(H,22,28). The van der Waals surface area contributed by atoms with Gasteiger partial charge in [-0.25, -0.2) is 13.4 Å². The van der Waals surface area contributed by atoms with Crippen molar-refractivity contribution < 1.29 is 8.42 Å². The lowest BCUT2D eigenvalue weighted by Crippen LogP contribution is -2.39. The number of nitrogens with zero attached hydrogens (tertiary/aromatic N) is 3. The van der Waals surface area contributed by atoms with Crippen molar-refractivity contribution in [2.75, 3.05) is 13.1 Å². The second-order valence-electron chi connectivity index (χ2n) is 7.57. The molecule has 8 heteroatoms. The fraction of sp³-hybridized carbons (Fsp3) is 0.524. The van der Waals surface area contributed by atoms with Crippen molar-refractivity contribution in [3.8, 4) is 0 Å². The number of rotatable bonds is 9. The predicted molar refractivity (Wildman–Crippen MR) is 121 cm³/mol. The lowest BCUT2D eigenvalue weighted by Gasteiger charge is -2.25. The summed E-state index contributed by atoms with van der Waals surface area (Å²) >= 11 is 5.45. The molecule has 29 heavy (non-hydrogen) atoms. The normalized spacial score (nSPS) is 11.7. The molecule has 1 heterocycles. The minimum atomic E-state index is -3.58. The van der Waals surface area contributed by atoms with E-state index in [0.29, 0.717) is 18.2 Å². The number of aryl methyl sites for hydroxylation is 1. The van der Waals surface area contributed by atoms with Crippen LogP contribution in [0.1, 0.15) is 44.5 Å². The number of aromatic nitrogens is 2. The Kier molecular flexibility index (Phi) is 8.22. The molecule has 1 aromatic carbocycles. The van der Waals surface area contributed by atoms with Gasteiger partial charge < -0.3 is 14.8 Å². The third kappa shape index (κ3) is 6.02. The molecule has 0 amide bonds. The van der Waals surface area contributed by atoms with Gasteiger partial charge in [0.05, 0.1) is 24.2 Å². The van der Waals surface area contributed by atoms with Gasteiger partial charge in [0.15, 0.2) is 5.11 Å². The summed E-state index contributed by atoms with van der Waals surface area (Å²) < 4.78 is 28.3. The molecule has 0 fully saturated rings. The lowest BCUT2D eigenvalue weighted by molar-refractivity contribution is 0.394. The molecule has 160 valence electrons. The molecule has 1 N–H and O–H groups in total. The smallest absolute Gasteiger partial charge is 0.228 e. The molecule has 0 aliphatic rings. The van der Waals surface area contributed by atoms with Crippen LogP contribution in [-0.4, -0.2) is 41.1 Å². The Morgan fingerprint density at radius 3 is 2.55 bits per heavy atom. The quantitative estimate of drug-likeness (QED) is 0.607. The maximum atomic E-state index is 13.2. The van der Waals surface area contributed by atoms with E-state index in [1.54, 1.807) is 6.20 Å². The van der Waals surface area contributed by atoms with Crippen LogP contribution >= 0.6 is 12.2 Å². The molecule has 0 saturated heterocycles. The third-order valence-electron chi connectivity index (χ3n) is 4.68. The molecule has 6 nitrogen and oxygen atoms in total. The van der Waals surface area contributed by atoms with Crippen molar-refractivity contribution in [1.82, 2.24) is 19.8 Å². The summed E-state index contributed by atoms with van der Waals surface area (Å²) in [5.41, 5.74) is 2.62. The summed E-state index contributed by atoms with van der Waals surface area (Å²) in [7, 11) is -3.58. The second kappa shape index (κ2) is 10.2. The van der Waals surface area contributed by atoms with Crippen molar-refractivity contribution in [3.63, 3.8) is 0 Å². The van der Waals surface area contributed by atoms with Crippen molar-refractivity contribution in [2.24, 2.45) is 5.92 Å². The number of hydrogen-bond donors (Lipinski definition) is 1. The summed E-state index contributed by atoms with van der Waals surface area (Å²) in [6.45, 7) is 12.7. The van der Waals surface area contributed by atoms with Crippen LogP contribution in [0.3, 0.4) is 0 Å². The molecular formula is C21H32N4O2S2. The van der Waals surface area contributed by atoms with Crippen LogP contribution in [0.15, 0.2) is 35.6 Å². The zero-order valence-electron chi connectivity index (χ0n) is 18.0. The third-order valence-corrected chi connectivity index (χ3v) is 6.66. The Morgan fingerprint density at radius 2 is 1.97 bits per heavy atom. The monoisotopic (exact) mass is 436 g/mol. The highest BCUT2D eigenvalue weighted by molar-refractivity contribution is 7.90. The topological polar surface area (TPSA) is 67.2 Å². The first kappa shape index (κ1) is 23.3. The first-order valence-corrected chi connectivity index (χ1v) is 12.1. The van der Waals surface area contributed by atoms with Gasteiger partial charge in [0.2, 0.25) is 15.0 Å². The predicted octanol–water partition coefficient (Wildman–Crippen LogP) is 3.54. The average Bonchev–Trinajstić information content (AvgIpc) is 3.04. The highest BCUT2D eigenvalue weighted by Gasteiger charge is 2.25. The van der Waals surface area contributed by atoms with Crippen LogP contribution in [-0.2, 0) is 28.7 Å². The molecule has 2 aromatic rings. The van der Waals surface area contributed by atoms with Gasteiger partial charge in [0.25, 0.3) is 0 Å². The van der Waals surface area contributed by atoms with Gasteiger partial charge in [0.1, 0.15) is 0 Å². The van der Waals surface area contributed by atoms with Gasteiger partial charge in [-0.2, -0.15) is 0 Å². The molecule has 0 radical (unpaired) electrons. The number of imidazole rings is 1. The molecule has 0 aliphatic carbocycles. The SMILES string of the molecule is CCNC(=S)N(CC)Cc1cnc(S(=O)(=O)Cc2ccccc2C)n1CC(C)C. The molecule has 0 aliphatic heterocycles. The molecule has 0 bridgehead atoms. The molecular weight excluding hydrogens is 404 g/mol. The summed E-state index contributed by atoms with van der Waals surface area (Å²) in [6, 6.07) is 7.56. The van der Waals surface area contributed by atoms with Crippen molar-refractivity contribution in [1.29, 1.82) is 0 Å². The first-order valence-electron chi connectivity index (χ1n) is 10.0. The van der Waals surface area contributed by atoms with E-state index in [1.807, 2.05) is 54.5 Å². The largest absolute Gasteiger partial charge is 0.363 e. The number of benzene rings is 1. The fourth-order valence-electron chi connectivity index (χ4n) is 3.15. The number of hydrogen-bond acceptors (Lipinski definition) is 4. The Morgan fingerprint density at radius 1 is 1.28 bits per heavy atom. The molecule has 0 unspecified atom stereocenters. The number of nitrogens with one attached hydrogen (secondary N) is 1. The van der Waals surface area contributed by atoms with Crippen LogP contribution in [0, 0.1) is 12.8 Å². The minimum Gasteiger partial charge on any atom is -0.363 e. The molecule has 0 atom stereocenters. The maximum Gasteiger partial charge on any atom is 0.228 e. The first-order chi connectivity index (χ1) is 13.7. The van der Waals surface area contributed by atoms with E-state index >= 15 is 0 Å². The zero-order chi connectivity index (χ0) is 21.6. The van der Waals surface area contributed by atoms with Crippen LogP contribution in [0.2, 0.25) is 0 Å².